The molecule has 137 heavy (non-hydrogen) atoms. The molecule has 16 N–H and O–H groups in total. The van der Waals surface area contributed by atoms with Gasteiger partial charge in [0.1, 0.15) is 134 Å². The van der Waals surface area contributed by atoms with Crippen LogP contribution in [-0.4, -0.2) is 467 Å². The van der Waals surface area contributed by atoms with Crippen LogP contribution >= 0.6 is 94.1 Å². The van der Waals surface area contributed by atoms with Crippen LogP contribution in [0.15, 0.2) is 0 Å². The quantitative estimate of drug-likeness (QED) is 0.0199. The molecule has 8 heterocycles. The Morgan fingerprint density at radius 2 is 0.401 bits per heavy atom. The first-order chi connectivity index (χ1) is 75.2. The number of ether oxygens (including phenoxy) is 16. The molecule has 0 aromatic rings. The number of carbonyl (C=O) groups excluding carboxylic acids is 8. The van der Waals surface area contributed by atoms with Crippen LogP contribution in [0.25, 0.3) is 0 Å². The van der Waals surface area contributed by atoms with Crippen molar-refractivity contribution >= 4 is 142 Å². The molecule has 8 fully saturated rings. The van der Waals surface area contributed by atoms with E-state index in [1.165, 1.54) is 0 Å². The summed E-state index contributed by atoms with van der Waals surface area (Å²) in [5.41, 5.74) is 0. The summed E-state index contributed by atoms with van der Waals surface area (Å²) in [4.78, 5) is 94.3. The van der Waals surface area contributed by atoms with Gasteiger partial charge in [-0.05, 0) is 97.4 Å². The second kappa shape index (κ2) is 72.9. The molecule has 744 valence electrons. The van der Waals surface area contributed by atoms with E-state index in [0.717, 1.165) is 0 Å². The molecule has 0 spiro atoms. The fourth-order valence-electron chi connectivity index (χ4n) is 9.70. The van der Waals surface area contributed by atoms with Crippen molar-refractivity contribution in [2.75, 3.05) is 99.1 Å². The Bertz CT molecular complexity index is 5630. The van der Waals surface area contributed by atoms with Crippen LogP contribution in [0.4, 0.5) is 0 Å². The van der Waals surface area contributed by atoms with Crippen molar-refractivity contribution in [1.82, 2.24) is 0 Å². The van der Waals surface area contributed by atoms with Crippen LogP contribution in [0, 0.1) is 0 Å². The third kappa shape index (κ3) is 44.8. The van der Waals surface area contributed by atoms with Crippen LogP contribution in [0.2, 0.25) is 0 Å². The first-order valence-corrected chi connectivity index (χ1v) is 45.2. The van der Waals surface area contributed by atoms with E-state index in [4.69, 9.17) is 84.8 Å². The molecule has 0 amide bonds. The number of hydrogen-bond donors (Lipinski definition) is 16. The molecule has 8 rings (SSSR count). The van der Waals surface area contributed by atoms with E-state index in [1.54, 1.807) is 0 Å². The first-order valence-electron chi connectivity index (χ1n) is 56.2. The van der Waals surface area contributed by atoms with E-state index in [9.17, 15) is 202 Å². The molecule has 39 atom stereocenters. The summed E-state index contributed by atoms with van der Waals surface area (Å²) >= 11 is -1.54. The molecule has 8 saturated heterocycles. The number of aliphatic carboxylic acids is 8. The van der Waals surface area contributed by atoms with Gasteiger partial charge in [-0.2, -0.15) is 94.1 Å². The van der Waals surface area contributed by atoms with E-state index >= 15 is 0 Å². The number of carboxylic acid groups (broad SMARTS) is 8. The molecule has 0 bridgehead atoms. The number of aliphatic hydroxyl groups is 16. The summed E-state index contributed by atoms with van der Waals surface area (Å²) in [6, 6.07) is 0. The SMILES string of the molecule is [2H]CO[C@@]1([2H])O[C@]([2H])(CSCCC(=O)[O-])[C@@]([2H])(O[C@@]2([2H])O[C@]([2H])(CSCCC(=O)[O-])[C@@]([2H])(O[C@@]3([2H])O[C@]([2H])(CSCCC(=O)[O-])[C@@]([2H])(O[C@@]4([2H])O[C@]([2H])(CSCCC(=O)[O-])[C@@]([2H])(O[C@@]5([2H])O[C@]([2H])(CSCCC(=O)[O-])[C@@]([2H])(O[C@@]6([2H])O[C@]([2H])(CSCCC(=O)[O-])[C@@]([2H])(O[C@@]7([2H])O[C@]([2H])(CSCCC(=O)[O-])[C@@]([2H])(O[C@@]8([2H])O[C@]([2H])(CSCCC(=O)[O-])C[C@]([2H])(O)[C@@]8([2H])O)[C@]([2H])(O)[C@@]7([2H])O)[C@]([2H])(O)[C@@]6([2H])O)[C@]([2H])(O)[C@@]5([2H])O)[C@]([2H])(O)[C@@]4([2H])O)[C@]([2H])(O)[C@@]3([2H])O)[C@]([2H])(O)[C@@]2([2H])O)[C@]([2H])(O)[C@@]1([2H])O.[Na+].[Na+].[Na+].[Na+].[Na+].[Na+].[Na+].[Na+]. The molecule has 8 aliphatic heterocycles. The molecule has 0 aromatic heterocycles. The van der Waals surface area contributed by atoms with Gasteiger partial charge in [0.05, 0.1) is 110 Å². The van der Waals surface area contributed by atoms with Crippen molar-refractivity contribution in [1.29, 1.82) is 0 Å². The van der Waals surface area contributed by atoms with E-state index in [0.29, 0.717) is 11.8 Å². The van der Waals surface area contributed by atoms with Gasteiger partial charge in [-0.15, -0.1) is 0 Å². The Labute approximate surface area is 1050 Å². The van der Waals surface area contributed by atoms with Gasteiger partial charge in [0.2, 0.25) is 0 Å². The van der Waals surface area contributed by atoms with Crippen LogP contribution < -0.4 is 277 Å². The Kier molecular flexibility index (Phi) is 46.0. The minimum absolute atomic E-state index is 0. The molecule has 0 aliphatic carbocycles. The fourth-order valence-corrected chi connectivity index (χ4v) is 16.4. The van der Waals surface area contributed by atoms with Gasteiger partial charge in [-0.25, -0.2) is 0 Å². The maximum atomic E-state index is 12.9. The van der Waals surface area contributed by atoms with Crippen molar-refractivity contribution in [2.24, 2.45) is 0 Å². The van der Waals surface area contributed by atoms with Gasteiger partial charge >= 0.3 is 236 Å². The fraction of sp³-hybridized carbons (Fsp3) is 0.890. The first kappa shape index (κ1) is 86.4. The summed E-state index contributed by atoms with van der Waals surface area (Å²) in [6.07, 6.45) is -220. The van der Waals surface area contributed by atoms with Crippen molar-refractivity contribution in [3.63, 3.8) is 0 Å². The second-order valence-electron chi connectivity index (χ2n) is 25.0. The van der Waals surface area contributed by atoms with Gasteiger partial charge in [0.15, 0.2) is 50.1 Å². The third-order valence-electron chi connectivity index (χ3n) is 15.8. The maximum Gasteiger partial charge on any atom is 1.00 e. The Morgan fingerprint density at radius 3 is 0.569 bits per heavy atom. The second-order valence-corrected chi connectivity index (χ2v) is 33.9. The number of carbonyl (C=O) groups is 8. The molecule has 48 nitrogen and oxygen atoms in total. The van der Waals surface area contributed by atoms with Crippen molar-refractivity contribution < 1.29 is 528 Å². The largest absolute Gasteiger partial charge is 1.00 e. The van der Waals surface area contributed by atoms with Crippen molar-refractivity contribution in [3.05, 3.63) is 0 Å². The molecular weight excluding hydrogens is 2090 g/mol. The van der Waals surface area contributed by atoms with Gasteiger partial charge < -0.3 is 237 Å². The van der Waals surface area contributed by atoms with Crippen LogP contribution in [0.5, 0.6) is 0 Å². The summed E-state index contributed by atoms with van der Waals surface area (Å²) in [5.74, 6) is -40.9. The van der Waals surface area contributed by atoms with Gasteiger partial charge in [0, 0.05) is 107 Å². The minimum atomic E-state index is -6.00. The predicted octanol–water partition coefficient (Wildman–Crippen LogP) is -41.7. The minimum Gasteiger partial charge on any atom is -0.550 e. The Morgan fingerprint density at radius 1 is 0.248 bits per heavy atom. The van der Waals surface area contributed by atoms with Gasteiger partial charge in [0.25, 0.3) is 0 Å². The van der Waals surface area contributed by atoms with Gasteiger partial charge in [-0.1, -0.05) is 0 Å². The van der Waals surface area contributed by atoms with Crippen LogP contribution in [0.1, 0.15) is 113 Å². The Hall–Kier alpha value is 5.28. The number of methoxy groups -OCH3 is 1. The summed E-state index contributed by atoms with van der Waals surface area (Å²) < 4.78 is 457. The zero-order chi connectivity index (χ0) is 131. The van der Waals surface area contributed by atoms with Gasteiger partial charge in [-0.3, -0.25) is 0 Å². The molecule has 0 radical (unpaired) electrons. The predicted molar refractivity (Wildman–Crippen MR) is 427 cm³/mol. The molecule has 0 unspecified atom stereocenters. The van der Waals surface area contributed by atoms with Crippen LogP contribution in [-0.2, 0) is 114 Å². The summed E-state index contributed by atoms with van der Waals surface area (Å²) in [5, 5.41) is 293. The third-order valence-corrected chi connectivity index (χ3v) is 23.5. The van der Waals surface area contributed by atoms with Crippen molar-refractivity contribution in [3.8, 4) is 0 Å². The zero-order valence-corrected chi connectivity index (χ0v) is 95.9. The molecule has 0 saturated carbocycles. The monoisotopic (exact) mass is 2230 g/mol. The normalized spacial score (nSPS) is 62.6. The van der Waals surface area contributed by atoms with Crippen LogP contribution in [0.3, 0.4) is 0 Å². The number of thioether (sulfide) groups is 8. The molecule has 0 aromatic carbocycles. The molecule has 64 heteroatoms. The van der Waals surface area contributed by atoms with E-state index in [-0.39, 0.29) is 307 Å². The summed E-state index contributed by atoms with van der Waals surface area (Å²) in [7, 11) is -1.69. The van der Waals surface area contributed by atoms with E-state index < -0.39 is 455 Å². The standard InChI is InChI=1S/C73H116O48S8.8Na/c1-106-66-52(99)45(92)59(29(108-66)20-123-11-3-37(77)78)116-68-54(101)47(94)61(31(110-68)22-125-13-5-39(81)82)118-70-56(103)49(96)63(33(112-70)24-127-15-7-41(85)86)120-72-58(105)51(98)65(35(114-72)26-129-17-9-43(89)90)121-73-57(104)50(97)64(34(113-73)25-128-16-8-42(87)88)119-71-55(102)48(95)62(32(111-71)23-126-14-6-40(83)84)117-69-53(100)46(93)60(30(109-69)21-124-12-4-38(79)80)115-67-44(91)28(74)18-27(107-67)19-122-10-2-36(75)76;;;;;;;;/h27-35,44-74,91-105H,2-26H2,1H3,(H,75,76)(H,77,78)(H,79,80)(H,81,82)(H,83,84)(H,85,86)(H,87,88)(H,89,90);;;;;;;;/q;8*+1/p-8/t27-,28-,29+,30+,31+,32+,33+,34+,35+,44+,45+,46+,47+,48+,49+,50+,51+,52+,53+,54+,55+,56+,57+,58+,59+,60+,61+,62+,63+,64+,65+,66-,67+,68+,69+,70+,71+,72+,73+;;;;;;;;/m0......../s1/i1D,27D,28D,29D,30D,31D,32D,33D,34D,35D,44D,45D,46D,47D,48D,49D,50D,51D,52D,53D,54D,55D,56D,57D,58D,59D,60D,61D,62D,63D,64D,65D,66D,67D,68D,69D,70D,71D,72D,73D;;;;;;;;. The van der Waals surface area contributed by atoms with Crippen molar-refractivity contribution in [2.45, 2.75) is 296 Å². The zero-order valence-electron chi connectivity index (χ0n) is 113. The summed E-state index contributed by atoms with van der Waals surface area (Å²) in [6.45, 7) is 0. The number of rotatable bonds is 55. The van der Waals surface area contributed by atoms with E-state index in [1.807, 2.05) is 0 Å². The maximum absolute atomic E-state index is 12.9. The average molecular weight is 2230 g/mol. The number of carboxylic acids is 8. The topological polar surface area (TPSA) is 792 Å². The smallest absolute Gasteiger partial charge is 0.550 e. The van der Waals surface area contributed by atoms with E-state index in [2.05, 4.69) is 4.74 Å². The number of hydrogen-bond acceptors (Lipinski definition) is 56. The molecular formula is C73H108Na8O48S8. The molecule has 8 aliphatic rings. The Balaban J connectivity index is 0.0000387. The average Bonchev–Trinajstić information content (AvgIpc) is 0.672.